The average molecular weight is 286 g/mol. The smallest absolute Gasteiger partial charge is 0.243 e. The molecule has 0 unspecified atom stereocenters. The van der Waals surface area contributed by atoms with Gasteiger partial charge in [-0.2, -0.15) is 0 Å². The summed E-state index contributed by atoms with van der Waals surface area (Å²) in [5, 5.41) is 0. The second kappa shape index (κ2) is 5.19. The van der Waals surface area contributed by atoms with Crippen LogP contribution in [-0.4, -0.2) is 15.0 Å². The highest BCUT2D eigenvalue weighted by atomic mass is 32.2. The van der Waals surface area contributed by atoms with Gasteiger partial charge in [0.1, 0.15) is 10.7 Å². The summed E-state index contributed by atoms with van der Waals surface area (Å²) in [6, 6.07) is 3.97. The second-order valence-corrected chi connectivity index (χ2v) is 6.88. The van der Waals surface area contributed by atoms with E-state index in [2.05, 4.69) is 4.72 Å². The maximum Gasteiger partial charge on any atom is 0.243 e. The van der Waals surface area contributed by atoms with Crippen molar-refractivity contribution < 1.29 is 12.8 Å². The highest BCUT2D eigenvalue weighted by Gasteiger charge is 2.41. The van der Waals surface area contributed by atoms with Crippen LogP contribution in [0.2, 0.25) is 0 Å². The van der Waals surface area contributed by atoms with Crippen LogP contribution in [0.25, 0.3) is 0 Å². The third-order valence-corrected chi connectivity index (χ3v) is 5.30. The predicted octanol–water partition coefficient (Wildman–Crippen LogP) is 1.75. The molecule has 1 fully saturated rings. The molecule has 0 radical (unpaired) electrons. The summed E-state index contributed by atoms with van der Waals surface area (Å²) in [7, 11) is -3.79. The molecule has 1 aliphatic carbocycles. The number of rotatable bonds is 6. The zero-order chi connectivity index (χ0) is 14.1. The number of hydrogen-bond acceptors (Lipinski definition) is 3. The molecule has 0 bridgehead atoms. The minimum atomic E-state index is -3.79. The number of hydrogen-bond donors (Lipinski definition) is 2. The van der Waals surface area contributed by atoms with E-state index in [9.17, 15) is 12.8 Å². The fourth-order valence-electron chi connectivity index (χ4n) is 2.05. The molecule has 4 nitrogen and oxygen atoms in total. The molecule has 1 aromatic rings. The van der Waals surface area contributed by atoms with Gasteiger partial charge in [-0.3, -0.25) is 0 Å². The lowest BCUT2D eigenvalue weighted by molar-refractivity contribution is 0.473. The quantitative estimate of drug-likeness (QED) is 0.837. The molecule has 0 aromatic heterocycles. The van der Waals surface area contributed by atoms with Gasteiger partial charge in [-0.15, -0.1) is 0 Å². The summed E-state index contributed by atoms with van der Waals surface area (Å²) >= 11 is 0. The molecule has 0 atom stereocenters. The molecular weight excluding hydrogens is 267 g/mol. The van der Waals surface area contributed by atoms with Crippen molar-refractivity contribution in [2.75, 3.05) is 6.54 Å². The Hall–Kier alpha value is -0.980. The Kier molecular flexibility index (Phi) is 3.94. The molecule has 0 saturated heterocycles. The summed E-state index contributed by atoms with van der Waals surface area (Å²) in [5.41, 5.74) is 6.05. The Balaban J connectivity index is 2.15. The van der Waals surface area contributed by atoms with Crippen LogP contribution in [0.3, 0.4) is 0 Å². The normalized spacial score (nSPS) is 17.4. The topological polar surface area (TPSA) is 72.2 Å². The Morgan fingerprint density at radius 3 is 2.58 bits per heavy atom. The molecule has 106 valence electrons. The van der Waals surface area contributed by atoms with Crippen molar-refractivity contribution in [3.63, 3.8) is 0 Å². The molecule has 6 heteroatoms. The van der Waals surface area contributed by atoms with Crippen LogP contribution in [0.4, 0.5) is 4.39 Å². The van der Waals surface area contributed by atoms with Crippen molar-refractivity contribution in [3.05, 3.63) is 29.6 Å². The Morgan fingerprint density at radius 1 is 1.42 bits per heavy atom. The van der Waals surface area contributed by atoms with Crippen molar-refractivity contribution in [2.24, 2.45) is 11.1 Å². The standard InChI is InChI=1S/C13H19FN2O2S/c1-2-13(5-6-13)9-16-19(17,18)12-4-3-10(8-15)7-11(12)14/h3-4,7,16H,2,5-6,8-9,15H2,1H3. The van der Waals surface area contributed by atoms with Gasteiger partial charge in [-0.1, -0.05) is 13.0 Å². The summed E-state index contributed by atoms with van der Waals surface area (Å²) in [6.07, 6.45) is 2.99. The number of halogens is 1. The average Bonchev–Trinajstić information content (AvgIpc) is 3.17. The monoisotopic (exact) mass is 286 g/mol. The molecule has 0 amide bonds. The highest BCUT2D eigenvalue weighted by molar-refractivity contribution is 7.89. The molecule has 0 heterocycles. The Bertz CT molecular complexity index is 568. The molecule has 3 N–H and O–H groups in total. The number of nitrogens with two attached hydrogens (primary N) is 1. The van der Waals surface area contributed by atoms with Gasteiger partial charge in [0.15, 0.2) is 0 Å². The zero-order valence-corrected chi connectivity index (χ0v) is 11.8. The maximum atomic E-state index is 13.8. The SMILES string of the molecule is CCC1(CNS(=O)(=O)c2ccc(CN)cc2F)CC1. The van der Waals surface area contributed by atoms with Crippen LogP contribution in [0.15, 0.2) is 23.1 Å². The van der Waals surface area contributed by atoms with E-state index in [1.165, 1.54) is 18.2 Å². The van der Waals surface area contributed by atoms with Gasteiger partial charge >= 0.3 is 0 Å². The van der Waals surface area contributed by atoms with Crippen molar-refractivity contribution in [1.82, 2.24) is 4.72 Å². The molecule has 0 aliphatic heterocycles. The van der Waals surface area contributed by atoms with Gasteiger partial charge in [0, 0.05) is 13.1 Å². The zero-order valence-electron chi connectivity index (χ0n) is 10.9. The molecule has 19 heavy (non-hydrogen) atoms. The van der Waals surface area contributed by atoms with E-state index < -0.39 is 15.8 Å². The van der Waals surface area contributed by atoms with E-state index in [1.807, 2.05) is 6.92 Å². The van der Waals surface area contributed by atoms with Crippen LogP contribution in [0, 0.1) is 11.2 Å². The molecule has 2 rings (SSSR count). The lowest BCUT2D eigenvalue weighted by atomic mass is 10.1. The maximum absolute atomic E-state index is 13.8. The van der Waals surface area contributed by atoms with Gasteiger partial charge in [0.05, 0.1) is 0 Å². The van der Waals surface area contributed by atoms with Crippen LogP contribution in [-0.2, 0) is 16.6 Å². The Morgan fingerprint density at radius 2 is 2.11 bits per heavy atom. The third-order valence-electron chi connectivity index (χ3n) is 3.87. The summed E-state index contributed by atoms with van der Waals surface area (Å²) in [4.78, 5) is -0.309. The van der Waals surface area contributed by atoms with E-state index >= 15 is 0 Å². The summed E-state index contributed by atoms with van der Waals surface area (Å²) in [5.74, 6) is -0.753. The molecule has 1 saturated carbocycles. The Labute approximate surface area is 113 Å². The predicted molar refractivity (Wildman–Crippen MR) is 71.4 cm³/mol. The first-order chi connectivity index (χ1) is 8.92. The van der Waals surface area contributed by atoms with Crippen LogP contribution in [0.1, 0.15) is 31.7 Å². The minimum Gasteiger partial charge on any atom is -0.326 e. The first-order valence-electron chi connectivity index (χ1n) is 6.41. The van der Waals surface area contributed by atoms with Gasteiger partial charge in [-0.25, -0.2) is 17.5 Å². The van der Waals surface area contributed by atoms with Gasteiger partial charge in [0.2, 0.25) is 10.0 Å². The van der Waals surface area contributed by atoms with Crippen molar-refractivity contribution in [3.8, 4) is 0 Å². The van der Waals surface area contributed by atoms with E-state index in [-0.39, 0.29) is 16.9 Å². The number of sulfonamides is 1. The van der Waals surface area contributed by atoms with Gasteiger partial charge in [0.25, 0.3) is 0 Å². The van der Waals surface area contributed by atoms with Crippen molar-refractivity contribution in [1.29, 1.82) is 0 Å². The summed E-state index contributed by atoms with van der Waals surface area (Å²) in [6.45, 7) is 2.60. The van der Waals surface area contributed by atoms with Crippen molar-refractivity contribution in [2.45, 2.75) is 37.6 Å². The molecule has 1 aliphatic rings. The molecule has 1 aromatic carbocycles. The lowest BCUT2D eigenvalue weighted by Gasteiger charge is -2.14. The van der Waals surface area contributed by atoms with E-state index in [0.717, 1.165) is 19.3 Å². The third kappa shape index (κ3) is 3.13. The second-order valence-electron chi connectivity index (χ2n) is 5.15. The van der Waals surface area contributed by atoms with Crippen LogP contribution < -0.4 is 10.5 Å². The molecular formula is C13H19FN2O2S. The number of nitrogens with one attached hydrogen (secondary N) is 1. The van der Waals surface area contributed by atoms with Crippen molar-refractivity contribution >= 4 is 10.0 Å². The van der Waals surface area contributed by atoms with Gasteiger partial charge in [-0.05, 0) is 42.4 Å². The van der Waals surface area contributed by atoms with Crippen LogP contribution >= 0.6 is 0 Å². The van der Waals surface area contributed by atoms with E-state index in [0.29, 0.717) is 12.1 Å². The van der Waals surface area contributed by atoms with E-state index in [4.69, 9.17) is 5.73 Å². The van der Waals surface area contributed by atoms with E-state index in [1.54, 1.807) is 0 Å². The fourth-order valence-corrected chi connectivity index (χ4v) is 3.26. The summed E-state index contributed by atoms with van der Waals surface area (Å²) < 4.78 is 40.4. The first kappa shape index (κ1) is 14.4. The number of benzene rings is 1. The first-order valence-corrected chi connectivity index (χ1v) is 7.89. The minimum absolute atomic E-state index is 0.0841. The fraction of sp³-hybridized carbons (Fsp3) is 0.538. The van der Waals surface area contributed by atoms with Gasteiger partial charge < -0.3 is 5.73 Å². The lowest BCUT2D eigenvalue weighted by Crippen LogP contribution is -2.30. The molecule has 0 spiro atoms. The largest absolute Gasteiger partial charge is 0.326 e. The van der Waals surface area contributed by atoms with Crippen LogP contribution in [0.5, 0.6) is 0 Å². The highest BCUT2D eigenvalue weighted by Crippen LogP contribution is 2.48.